The highest BCUT2D eigenvalue weighted by Crippen LogP contribution is 2.23. The summed E-state index contributed by atoms with van der Waals surface area (Å²) >= 11 is 0. The Morgan fingerprint density at radius 1 is 1.65 bits per heavy atom. The molecule has 1 aromatic rings. The van der Waals surface area contributed by atoms with E-state index in [2.05, 4.69) is 9.72 Å². The number of hydrogen-bond acceptors (Lipinski definition) is 4. The zero-order chi connectivity index (χ0) is 13.0. The average molecular weight is 240 g/mol. The quantitative estimate of drug-likeness (QED) is 0.757. The average Bonchev–Trinajstić information content (AvgIpc) is 2.30. The molecule has 1 heterocycles. The van der Waals surface area contributed by atoms with Gasteiger partial charge in [0.25, 0.3) is 6.43 Å². The predicted molar refractivity (Wildman–Crippen MR) is 54.4 cm³/mol. The van der Waals surface area contributed by atoms with Crippen molar-refractivity contribution in [1.29, 1.82) is 5.26 Å². The van der Waals surface area contributed by atoms with Gasteiger partial charge in [-0.3, -0.25) is 9.78 Å². The van der Waals surface area contributed by atoms with Crippen molar-refractivity contribution in [2.45, 2.75) is 19.8 Å². The monoisotopic (exact) mass is 240 g/mol. The molecule has 6 heteroatoms. The van der Waals surface area contributed by atoms with Crippen molar-refractivity contribution >= 4 is 5.97 Å². The molecule has 0 atom stereocenters. The fraction of sp³-hybridized carbons (Fsp3) is 0.364. The molecule has 0 radical (unpaired) electrons. The third kappa shape index (κ3) is 2.97. The van der Waals surface area contributed by atoms with Gasteiger partial charge in [-0.1, -0.05) is 0 Å². The third-order valence-corrected chi connectivity index (χ3v) is 2.22. The molecule has 0 saturated carbocycles. The van der Waals surface area contributed by atoms with E-state index in [9.17, 15) is 13.6 Å². The van der Waals surface area contributed by atoms with E-state index in [0.29, 0.717) is 0 Å². The van der Waals surface area contributed by atoms with E-state index in [0.717, 1.165) is 7.11 Å². The minimum atomic E-state index is -2.79. The Kier molecular flexibility index (Phi) is 4.10. The van der Waals surface area contributed by atoms with E-state index in [1.807, 2.05) is 6.07 Å². The van der Waals surface area contributed by atoms with Crippen LogP contribution in [0.2, 0.25) is 0 Å². The van der Waals surface area contributed by atoms with Crippen LogP contribution in [0.25, 0.3) is 0 Å². The number of nitriles is 1. The van der Waals surface area contributed by atoms with Gasteiger partial charge in [0.1, 0.15) is 11.8 Å². The Labute approximate surface area is 96.8 Å². The fourth-order valence-corrected chi connectivity index (χ4v) is 1.34. The minimum absolute atomic E-state index is 0.0222. The number of hydrogen-bond donors (Lipinski definition) is 0. The molecule has 0 N–H and O–H groups in total. The van der Waals surface area contributed by atoms with Crippen LogP contribution in [0.4, 0.5) is 8.78 Å². The Morgan fingerprint density at radius 2 is 2.29 bits per heavy atom. The number of pyridine rings is 1. The molecule has 0 bridgehead atoms. The summed E-state index contributed by atoms with van der Waals surface area (Å²) < 4.78 is 29.8. The number of aryl methyl sites for hydroxylation is 1. The number of alkyl halides is 2. The Morgan fingerprint density at radius 3 is 2.76 bits per heavy atom. The number of carbonyl (C=O) groups excluding carboxylic acids is 1. The van der Waals surface area contributed by atoms with Gasteiger partial charge < -0.3 is 4.74 Å². The molecule has 0 saturated heterocycles. The number of carbonyl (C=O) groups is 1. The second kappa shape index (κ2) is 5.34. The van der Waals surface area contributed by atoms with E-state index in [1.54, 1.807) is 0 Å². The molecular weight excluding hydrogens is 230 g/mol. The van der Waals surface area contributed by atoms with Crippen LogP contribution in [-0.2, 0) is 16.0 Å². The van der Waals surface area contributed by atoms with E-state index in [4.69, 9.17) is 5.26 Å². The molecule has 1 rings (SSSR count). The number of esters is 1. The first-order valence-corrected chi connectivity index (χ1v) is 4.75. The molecule has 0 aliphatic heterocycles. The summed E-state index contributed by atoms with van der Waals surface area (Å²) in [6.07, 6.45) is -3.11. The molecule has 4 nitrogen and oxygen atoms in total. The van der Waals surface area contributed by atoms with Crippen LogP contribution < -0.4 is 0 Å². The normalized spacial score (nSPS) is 10.1. The van der Waals surface area contributed by atoms with Crippen molar-refractivity contribution in [3.8, 4) is 6.07 Å². The largest absolute Gasteiger partial charge is 0.469 e. The summed E-state index contributed by atoms with van der Waals surface area (Å²) in [5.74, 6) is -0.651. The van der Waals surface area contributed by atoms with Gasteiger partial charge in [-0.25, -0.2) is 8.78 Å². The molecule has 0 spiro atoms. The summed E-state index contributed by atoms with van der Waals surface area (Å²) in [6, 6.07) is 3.08. The highest BCUT2D eigenvalue weighted by Gasteiger charge is 2.19. The number of halogens is 2. The fourth-order valence-electron chi connectivity index (χ4n) is 1.34. The van der Waals surface area contributed by atoms with Crippen LogP contribution >= 0.6 is 0 Å². The van der Waals surface area contributed by atoms with Gasteiger partial charge in [-0.15, -0.1) is 0 Å². The molecule has 0 aliphatic rings. The van der Waals surface area contributed by atoms with E-state index >= 15 is 0 Å². The molecule has 1 aromatic heterocycles. The lowest BCUT2D eigenvalue weighted by atomic mass is 10.1. The number of nitrogens with zero attached hydrogens (tertiary/aromatic N) is 2. The number of aromatic nitrogens is 1. The van der Waals surface area contributed by atoms with Crippen LogP contribution in [0.15, 0.2) is 6.07 Å². The summed E-state index contributed by atoms with van der Waals surface area (Å²) in [5.41, 5.74) is -0.0642. The predicted octanol–water partition coefficient (Wildman–Crippen LogP) is 1.91. The van der Waals surface area contributed by atoms with Crippen LogP contribution in [0.3, 0.4) is 0 Å². The van der Waals surface area contributed by atoms with E-state index in [1.165, 1.54) is 13.0 Å². The number of methoxy groups -OCH3 is 1. The van der Waals surface area contributed by atoms with Crippen molar-refractivity contribution in [3.05, 3.63) is 28.6 Å². The van der Waals surface area contributed by atoms with Gasteiger partial charge in [0, 0.05) is 0 Å². The SMILES string of the molecule is COC(=O)Cc1cc(C#N)c(C)nc1C(F)F. The maximum absolute atomic E-state index is 12.7. The van der Waals surface area contributed by atoms with Crippen LogP contribution in [0.5, 0.6) is 0 Å². The minimum Gasteiger partial charge on any atom is -0.469 e. The lowest BCUT2D eigenvalue weighted by Gasteiger charge is -2.09. The third-order valence-electron chi connectivity index (χ3n) is 2.22. The van der Waals surface area contributed by atoms with Gasteiger partial charge in [-0.05, 0) is 18.6 Å². The lowest BCUT2D eigenvalue weighted by Crippen LogP contribution is -2.10. The standard InChI is InChI=1S/C11H10F2N2O2/c1-6-8(5-14)3-7(4-9(16)17-2)10(15-6)11(12)13/h3,11H,4H2,1-2H3. The van der Waals surface area contributed by atoms with Crippen LogP contribution in [0, 0.1) is 18.3 Å². The van der Waals surface area contributed by atoms with Crippen LogP contribution in [0.1, 0.15) is 28.9 Å². The molecule has 0 aromatic carbocycles. The topological polar surface area (TPSA) is 63.0 Å². The summed E-state index contributed by atoms with van der Waals surface area (Å²) in [4.78, 5) is 14.7. The first-order valence-electron chi connectivity index (χ1n) is 4.75. The van der Waals surface area contributed by atoms with Crippen molar-refractivity contribution < 1.29 is 18.3 Å². The number of rotatable bonds is 3. The maximum Gasteiger partial charge on any atom is 0.310 e. The second-order valence-corrected chi connectivity index (χ2v) is 3.33. The highest BCUT2D eigenvalue weighted by molar-refractivity contribution is 5.73. The molecular formula is C11H10F2N2O2. The highest BCUT2D eigenvalue weighted by atomic mass is 19.3. The summed E-state index contributed by atoms with van der Waals surface area (Å²) in [5, 5.41) is 8.77. The van der Waals surface area contributed by atoms with Gasteiger partial charge in [0.2, 0.25) is 0 Å². The zero-order valence-corrected chi connectivity index (χ0v) is 9.33. The molecule has 0 unspecified atom stereocenters. The molecule has 0 amide bonds. The Hall–Kier alpha value is -2.03. The van der Waals surface area contributed by atoms with Gasteiger partial charge in [0.05, 0.1) is 24.8 Å². The van der Waals surface area contributed by atoms with E-state index < -0.39 is 18.1 Å². The molecule has 90 valence electrons. The first kappa shape index (κ1) is 13.0. The zero-order valence-electron chi connectivity index (χ0n) is 9.33. The lowest BCUT2D eigenvalue weighted by molar-refractivity contribution is -0.139. The maximum atomic E-state index is 12.7. The van der Waals surface area contributed by atoms with E-state index in [-0.39, 0.29) is 23.2 Å². The number of ether oxygens (including phenoxy) is 1. The molecule has 0 fully saturated rings. The van der Waals surface area contributed by atoms with Gasteiger partial charge in [0.15, 0.2) is 0 Å². The first-order chi connectivity index (χ1) is 7.99. The van der Waals surface area contributed by atoms with Crippen LogP contribution in [-0.4, -0.2) is 18.1 Å². The molecule has 0 aliphatic carbocycles. The molecule has 17 heavy (non-hydrogen) atoms. The Balaban J connectivity index is 3.25. The van der Waals surface area contributed by atoms with Crippen molar-refractivity contribution in [3.63, 3.8) is 0 Å². The van der Waals surface area contributed by atoms with Gasteiger partial charge in [-0.2, -0.15) is 5.26 Å². The second-order valence-electron chi connectivity index (χ2n) is 3.33. The van der Waals surface area contributed by atoms with Gasteiger partial charge >= 0.3 is 5.97 Å². The van der Waals surface area contributed by atoms with Crippen molar-refractivity contribution in [1.82, 2.24) is 4.98 Å². The Bertz CT molecular complexity index is 481. The van der Waals surface area contributed by atoms with Crippen molar-refractivity contribution in [2.24, 2.45) is 0 Å². The summed E-state index contributed by atoms with van der Waals surface area (Å²) in [7, 11) is 1.16. The summed E-state index contributed by atoms with van der Waals surface area (Å²) in [6.45, 7) is 1.46. The smallest absolute Gasteiger partial charge is 0.310 e. The van der Waals surface area contributed by atoms with Crippen molar-refractivity contribution in [2.75, 3.05) is 7.11 Å².